The molecule has 0 fully saturated rings. The monoisotopic (exact) mass is 338 g/mol. The molecule has 8 heteroatoms. The quantitative estimate of drug-likeness (QED) is 0.837. The topological polar surface area (TPSA) is 68.8 Å². The Hall–Kier alpha value is -3.03. The summed E-state index contributed by atoms with van der Waals surface area (Å²) in [6.45, 7) is -2.89. The zero-order chi connectivity index (χ0) is 17.5. The molecule has 6 nitrogen and oxygen atoms in total. The van der Waals surface area contributed by atoms with Crippen LogP contribution in [0.2, 0.25) is 0 Å². The number of anilines is 2. The van der Waals surface area contributed by atoms with Crippen LogP contribution >= 0.6 is 0 Å². The summed E-state index contributed by atoms with van der Waals surface area (Å²) in [4.78, 5) is 12.0. The van der Waals surface area contributed by atoms with E-state index in [0.717, 1.165) is 0 Å². The van der Waals surface area contributed by atoms with E-state index < -0.39 is 12.6 Å². The van der Waals surface area contributed by atoms with Crippen molar-refractivity contribution in [3.8, 4) is 17.2 Å². The lowest BCUT2D eigenvalue weighted by molar-refractivity contribution is -0.0498. The maximum absolute atomic E-state index is 12.1. The Balaban J connectivity index is 1.98. The predicted octanol–water partition coefficient (Wildman–Crippen LogP) is 3.95. The van der Waals surface area contributed by atoms with Crippen molar-refractivity contribution >= 4 is 17.4 Å². The lowest BCUT2D eigenvalue weighted by Gasteiger charge is -2.11. The highest BCUT2D eigenvalue weighted by molar-refractivity contribution is 5.99. The van der Waals surface area contributed by atoms with Gasteiger partial charge < -0.3 is 24.8 Å². The summed E-state index contributed by atoms with van der Waals surface area (Å²) in [5.74, 6) is 1.03. The van der Waals surface area contributed by atoms with Gasteiger partial charge in [0, 0.05) is 17.4 Å². The van der Waals surface area contributed by atoms with Crippen molar-refractivity contribution in [1.29, 1.82) is 0 Å². The molecule has 0 aliphatic heterocycles. The molecule has 0 unspecified atom stereocenters. The van der Waals surface area contributed by atoms with Crippen LogP contribution in [0.25, 0.3) is 0 Å². The fourth-order valence-corrected chi connectivity index (χ4v) is 1.93. The van der Waals surface area contributed by atoms with Crippen molar-refractivity contribution in [2.75, 3.05) is 24.9 Å². The van der Waals surface area contributed by atoms with Gasteiger partial charge in [0.1, 0.15) is 5.75 Å². The summed E-state index contributed by atoms with van der Waals surface area (Å²) in [5.41, 5.74) is 0.928. The molecule has 2 aromatic carbocycles. The average molecular weight is 338 g/mol. The van der Waals surface area contributed by atoms with Crippen LogP contribution in [0.1, 0.15) is 0 Å². The average Bonchev–Trinajstić information content (AvgIpc) is 2.56. The second-order valence-corrected chi connectivity index (χ2v) is 4.55. The summed E-state index contributed by atoms with van der Waals surface area (Å²) in [6.07, 6.45) is 0. The first-order chi connectivity index (χ1) is 11.5. The Kier molecular flexibility index (Phi) is 5.78. The Morgan fingerprint density at radius 1 is 0.917 bits per heavy atom. The highest BCUT2D eigenvalue weighted by atomic mass is 19.3. The number of alkyl halides is 2. The molecule has 2 amide bonds. The number of ether oxygens (including phenoxy) is 3. The molecule has 0 saturated carbocycles. The normalized spacial score (nSPS) is 10.2. The Morgan fingerprint density at radius 3 is 2.08 bits per heavy atom. The van der Waals surface area contributed by atoms with Crippen LogP contribution in [0.15, 0.2) is 42.5 Å². The van der Waals surface area contributed by atoms with Gasteiger partial charge in [-0.3, -0.25) is 0 Å². The van der Waals surface area contributed by atoms with E-state index in [1.54, 1.807) is 18.2 Å². The minimum atomic E-state index is -2.89. The number of halogens is 2. The Bertz CT molecular complexity index is 693. The third-order valence-corrected chi connectivity index (χ3v) is 2.98. The number of urea groups is 1. The van der Waals surface area contributed by atoms with E-state index >= 15 is 0 Å². The van der Waals surface area contributed by atoms with E-state index in [2.05, 4.69) is 15.4 Å². The first-order valence-electron chi connectivity index (χ1n) is 6.86. The largest absolute Gasteiger partial charge is 0.493 e. The van der Waals surface area contributed by atoms with Crippen LogP contribution in [-0.2, 0) is 0 Å². The van der Waals surface area contributed by atoms with Gasteiger partial charge in [-0.05, 0) is 36.4 Å². The third kappa shape index (κ3) is 4.73. The van der Waals surface area contributed by atoms with Gasteiger partial charge in [0.25, 0.3) is 0 Å². The molecule has 0 heterocycles. The minimum absolute atomic E-state index is 0.0100. The van der Waals surface area contributed by atoms with Gasteiger partial charge in [-0.1, -0.05) is 0 Å². The summed E-state index contributed by atoms with van der Waals surface area (Å²) >= 11 is 0. The van der Waals surface area contributed by atoms with Gasteiger partial charge in [0.2, 0.25) is 0 Å². The molecular weight excluding hydrogens is 322 g/mol. The number of rotatable bonds is 6. The SMILES string of the molecule is COc1ccc(NC(=O)Nc2ccc(OC(F)F)cc2)cc1OC. The first-order valence-corrected chi connectivity index (χ1v) is 6.86. The Labute approximate surface area is 137 Å². The summed E-state index contributed by atoms with van der Waals surface area (Å²) in [5, 5.41) is 5.20. The number of carbonyl (C=O) groups excluding carboxylic acids is 1. The van der Waals surface area contributed by atoms with E-state index in [0.29, 0.717) is 22.9 Å². The zero-order valence-electron chi connectivity index (χ0n) is 13.0. The van der Waals surface area contributed by atoms with Gasteiger partial charge in [-0.2, -0.15) is 8.78 Å². The van der Waals surface area contributed by atoms with Crippen LogP contribution in [0.4, 0.5) is 25.0 Å². The van der Waals surface area contributed by atoms with Gasteiger partial charge in [-0.25, -0.2) is 4.79 Å². The van der Waals surface area contributed by atoms with E-state index in [4.69, 9.17) is 9.47 Å². The number of benzene rings is 2. The van der Waals surface area contributed by atoms with Gasteiger partial charge in [-0.15, -0.1) is 0 Å². The van der Waals surface area contributed by atoms with Gasteiger partial charge >= 0.3 is 12.6 Å². The number of nitrogens with one attached hydrogen (secondary N) is 2. The number of hydrogen-bond donors (Lipinski definition) is 2. The van der Waals surface area contributed by atoms with Crippen LogP contribution in [-0.4, -0.2) is 26.9 Å². The molecule has 0 radical (unpaired) electrons. The molecule has 2 N–H and O–H groups in total. The number of carbonyl (C=O) groups is 1. The molecule has 0 atom stereocenters. The second-order valence-electron chi connectivity index (χ2n) is 4.55. The van der Waals surface area contributed by atoms with Crippen molar-refractivity contribution < 1.29 is 27.8 Å². The van der Waals surface area contributed by atoms with E-state index in [1.807, 2.05) is 0 Å². The van der Waals surface area contributed by atoms with Crippen LogP contribution in [0, 0.1) is 0 Å². The van der Waals surface area contributed by atoms with Crippen LogP contribution in [0.5, 0.6) is 17.2 Å². The summed E-state index contributed by atoms with van der Waals surface area (Å²) in [7, 11) is 3.00. The van der Waals surface area contributed by atoms with Gasteiger partial charge in [0.05, 0.1) is 14.2 Å². The van der Waals surface area contributed by atoms with Crippen molar-refractivity contribution in [3.05, 3.63) is 42.5 Å². The molecule has 2 rings (SSSR count). The smallest absolute Gasteiger partial charge is 0.387 e. The number of hydrogen-bond acceptors (Lipinski definition) is 4. The molecule has 0 aliphatic rings. The molecule has 2 aromatic rings. The van der Waals surface area contributed by atoms with Crippen LogP contribution < -0.4 is 24.8 Å². The fourth-order valence-electron chi connectivity index (χ4n) is 1.93. The number of amides is 2. The van der Waals surface area contributed by atoms with Gasteiger partial charge in [0.15, 0.2) is 11.5 Å². The third-order valence-electron chi connectivity index (χ3n) is 2.98. The first kappa shape index (κ1) is 17.3. The minimum Gasteiger partial charge on any atom is -0.493 e. The highest BCUT2D eigenvalue weighted by Crippen LogP contribution is 2.29. The molecule has 0 aromatic heterocycles. The molecule has 0 spiro atoms. The van der Waals surface area contributed by atoms with Crippen LogP contribution in [0.3, 0.4) is 0 Å². The lowest BCUT2D eigenvalue weighted by Crippen LogP contribution is -2.19. The molecule has 0 aliphatic carbocycles. The second kappa shape index (κ2) is 8.00. The van der Waals surface area contributed by atoms with E-state index in [9.17, 15) is 13.6 Å². The summed E-state index contributed by atoms with van der Waals surface area (Å²) in [6, 6.07) is 9.99. The maximum atomic E-state index is 12.1. The van der Waals surface area contributed by atoms with Crippen molar-refractivity contribution in [2.24, 2.45) is 0 Å². The zero-order valence-corrected chi connectivity index (χ0v) is 13.0. The van der Waals surface area contributed by atoms with Crippen molar-refractivity contribution in [2.45, 2.75) is 6.61 Å². The molecular formula is C16H16F2N2O4. The van der Waals surface area contributed by atoms with Crippen molar-refractivity contribution in [1.82, 2.24) is 0 Å². The lowest BCUT2D eigenvalue weighted by atomic mass is 10.2. The highest BCUT2D eigenvalue weighted by Gasteiger charge is 2.08. The fraction of sp³-hybridized carbons (Fsp3) is 0.188. The molecule has 128 valence electrons. The predicted molar refractivity (Wildman–Crippen MR) is 85.3 cm³/mol. The van der Waals surface area contributed by atoms with Crippen molar-refractivity contribution in [3.63, 3.8) is 0 Å². The maximum Gasteiger partial charge on any atom is 0.387 e. The molecule has 0 saturated heterocycles. The molecule has 0 bridgehead atoms. The Morgan fingerprint density at radius 2 is 1.50 bits per heavy atom. The summed E-state index contributed by atoms with van der Waals surface area (Å²) < 4.78 is 38.6. The van der Waals surface area contributed by atoms with E-state index in [1.165, 1.54) is 38.5 Å². The number of methoxy groups -OCH3 is 2. The van der Waals surface area contributed by atoms with E-state index in [-0.39, 0.29) is 5.75 Å². The standard InChI is InChI=1S/C16H16F2N2O4/c1-22-13-8-5-11(9-14(13)23-2)20-16(21)19-10-3-6-12(7-4-10)24-15(17)18/h3-9,15H,1-2H3,(H2,19,20,21). The molecule has 24 heavy (non-hydrogen) atoms.